The van der Waals surface area contributed by atoms with Gasteiger partial charge in [0.05, 0.1) is 18.1 Å². The molecule has 1 aromatic rings. The molecule has 1 N–H and O–H groups in total. The van der Waals surface area contributed by atoms with E-state index >= 15 is 0 Å². The van der Waals surface area contributed by atoms with Gasteiger partial charge in [0.25, 0.3) is 5.69 Å². The minimum absolute atomic E-state index is 0.0859. The third-order valence-corrected chi connectivity index (χ3v) is 4.74. The summed E-state index contributed by atoms with van der Waals surface area (Å²) in [5.74, 6) is -0.356. The summed E-state index contributed by atoms with van der Waals surface area (Å²) in [6.07, 6.45) is 3.69. The first-order chi connectivity index (χ1) is 10.1. The second kappa shape index (κ2) is 5.90. The first-order valence-electron chi connectivity index (χ1n) is 7.06. The second-order valence-corrected chi connectivity index (χ2v) is 6.30. The highest BCUT2D eigenvalue weighted by atomic mass is 79.9. The standard InChI is InChI=1S/C14H17BrN2O4/c15-12-9-11(17(18)19)1-2-13(12)16-10-3-5-14(6-4-10)20-7-8-21-14/h1-2,9-10,16H,3-8H2. The zero-order chi connectivity index (χ0) is 14.9. The van der Waals surface area contributed by atoms with Gasteiger partial charge in [0.2, 0.25) is 0 Å². The quantitative estimate of drug-likeness (QED) is 0.663. The molecule has 114 valence electrons. The van der Waals surface area contributed by atoms with Gasteiger partial charge in [0.15, 0.2) is 5.79 Å². The summed E-state index contributed by atoms with van der Waals surface area (Å²) in [7, 11) is 0. The van der Waals surface area contributed by atoms with Gasteiger partial charge < -0.3 is 14.8 Å². The lowest BCUT2D eigenvalue weighted by Gasteiger charge is -2.36. The van der Waals surface area contributed by atoms with Crippen LogP contribution in [0.2, 0.25) is 0 Å². The molecule has 0 radical (unpaired) electrons. The smallest absolute Gasteiger partial charge is 0.270 e. The number of ether oxygens (including phenoxy) is 2. The number of hydrogen-bond acceptors (Lipinski definition) is 5. The maximum absolute atomic E-state index is 10.7. The van der Waals surface area contributed by atoms with E-state index in [2.05, 4.69) is 21.2 Å². The molecule has 2 fully saturated rings. The van der Waals surface area contributed by atoms with Gasteiger partial charge in [-0.25, -0.2) is 0 Å². The first kappa shape index (κ1) is 14.7. The van der Waals surface area contributed by atoms with E-state index < -0.39 is 4.92 Å². The molecule has 1 saturated heterocycles. The van der Waals surface area contributed by atoms with Crippen molar-refractivity contribution in [2.45, 2.75) is 37.5 Å². The molecule has 7 heteroatoms. The van der Waals surface area contributed by atoms with Gasteiger partial charge in [-0.05, 0) is 34.8 Å². The lowest BCUT2D eigenvalue weighted by molar-refractivity contribution is -0.384. The molecule has 1 aliphatic heterocycles. The zero-order valence-electron chi connectivity index (χ0n) is 11.5. The van der Waals surface area contributed by atoms with Gasteiger partial charge in [-0.3, -0.25) is 10.1 Å². The third kappa shape index (κ3) is 3.20. The normalized spacial score (nSPS) is 21.6. The van der Waals surface area contributed by atoms with Crippen molar-refractivity contribution in [3.63, 3.8) is 0 Å². The van der Waals surface area contributed by atoms with Crippen LogP contribution in [0.5, 0.6) is 0 Å². The largest absolute Gasteiger partial charge is 0.381 e. The van der Waals surface area contributed by atoms with Crippen molar-refractivity contribution in [1.82, 2.24) is 0 Å². The van der Waals surface area contributed by atoms with Gasteiger partial charge in [0, 0.05) is 41.2 Å². The summed E-state index contributed by atoms with van der Waals surface area (Å²) >= 11 is 3.39. The predicted molar refractivity (Wildman–Crippen MR) is 81.3 cm³/mol. The number of anilines is 1. The summed E-state index contributed by atoms with van der Waals surface area (Å²) in [6, 6.07) is 5.12. The maximum atomic E-state index is 10.7. The monoisotopic (exact) mass is 356 g/mol. The van der Waals surface area contributed by atoms with E-state index in [1.54, 1.807) is 6.07 Å². The highest BCUT2D eigenvalue weighted by molar-refractivity contribution is 9.10. The molecular weight excluding hydrogens is 340 g/mol. The summed E-state index contributed by atoms with van der Waals surface area (Å²) in [4.78, 5) is 10.3. The average molecular weight is 357 g/mol. The summed E-state index contributed by atoms with van der Waals surface area (Å²) in [5, 5.41) is 14.2. The molecule has 0 atom stereocenters. The molecule has 0 aromatic heterocycles. The minimum atomic E-state index is -0.395. The number of nitrogens with zero attached hydrogens (tertiary/aromatic N) is 1. The van der Waals surface area contributed by atoms with Crippen LogP contribution in [0.3, 0.4) is 0 Å². The van der Waals surface area contributed by atoms with E-state index in [1.165, 1.54) is 12.1 Å². The Bertz CT molecular complexity index is 536. The Morgan fingerprint density at radius 2 is 1.95 bits per heavy atom. The summed E-state index contributed by atoms with van der Waals surface area (Å²) in [5.41, 5.74) is 0.970. The van der Waals surface area contributed by atoms with Crippen molar-refractivity contribution in [1.29, 1.82) is 0 Å². The molecule has 1 aliphatic carbocycles. The number of rotatable bonds is 3. The van der Waals surface area contributed by atoms with Crippen LogP contribution in [0.25, 0.3) is 0 Å². The van der Waals surface area contributed by atoms with Crippen LogP contribution >= 0.6 is 15.9 Å². The molecule has 6 nitrogen and oxygen atoms in total. The number of halogens is 1. The number of nitro groups is 1. The second-order valence-electron chi connectivity index (χ2n) is 5.45. The highest BCUT2D eigenvalue weighted by Gasteiger charge is 2.40. The molecule has 0 unspecified atom stereocenters. The summed E-state index contributed by atoms with van der Waals surface area (Å²) in [6.45, 7) is 1.37. The number of nitro benzene ring substituents is 1. The van der Waals surface area contributed by atoms with Gasteiger partial charge in [-0.15, -0.1) is 0 Å². The van der Waals surface area contributed by atoms with Crippen LogP contribution < -0.4 is 5.32 Å². The van der Waals surface area contributed by atoms with Gasteiger partial charge in [0.1, 0.15) is 0 Å². The zero-order valence-corrected chi connectivity index (χ0v) is 13.1. The van der Waals surface area contributed by atoms with Crippen LogP contribution in [0.1, 0.15) is 25.7 Å². The minimum Gasteiger partial charge on any atom is -0.381 e. The molecule has 2 aliphatic rings. The lowest BCUT2D eigenvalue weighted by atomic mass is 9.90. The Hall–Kier alpha value is -1.18. The molecule has 0 bridgehead atoms. The van der Waals surface area contributed by atoms with Crippen molar-refractivity contribution in [3.05, 3.63) is 32.8 Å². The predicted octanol–water partition coefficient (Wildman–Crippen LogP) is 3.45. The van der Waals surface area contributed by atoms with E-state index in [0.29, 0.717) is 23.7 Å². The molecule has 1 spiro atoms. The van der Waals surface area contributed by atoms with Crippen molar-refractivity contribution in [2.75, 3.05) is 18.5 Å². The molecular formula is C14H17BrN2O4. The van der Waals surface area contributed by atoms with Crippen molar-refractivity contribution in [2.24, 2.45) is 0 Å². The van der Waals surface area contributed by atoms with E-state index in [-0.39, 0.29) is 11.5 Å². The lowest BCUT2D eigenvalue weighted by Crippen LogP contribution is -2.39. The molecule has 1 aromatic carbocycles. The molecule has 1 saturated carbocycles. The van der Waals surface area contributed by atoms with Gasteiger partial charge in [-0.2, -0.15) is 0 Å². The van der Waals surface area contributed by atoms with Crippen molar-refractivity contribution in [3.8, 4) is 0 Å². The van der Waals surface area contributed by atoms with Crippen LogP contribution in [-0.2, 0) is 9.47 Å². The Morgan fingerprint density at radius 3 is 2.52 bits per heavy atom. The number of nitrogens with one attached hydrogen (secondary N) is 1. The number of non-ortho nitro benzene ring substituents is 1. The van der Waals surface area contributed by atoms with Crippen LogP contribution in [0, 0.1) is 10.1 Å². The molecule has 0 amide bonds. The average Bonchev–Trinajstić information content (AvgIpc) is 2.92. The SMILES string of the molecule is O=[N+]([O-])c1ccc(NC2CCC3(CC2)OCCO3)c(Br)c1. The van der Waals surface area contributed by atoms with Crippen molar-refractivity contribution >= 4 is 27.3 Å². The first-order valence-corrected chi connectivity index (χ1v) is 7.86. The Balaban J connectivity index is 1.61. The Labute approximate surface area is 131 Å². The topological polar surface area (TPSA) is 73.6 Å². The van der Waals surface area contributed by atoms with E-state index in [1.807, 2.05) is 0 Å². The molecule has 21 heavy (non-hydrogen) atoms. The fraction of sp³-hybridized carbons (Fsp3) is 0.571. The van der Waals surface area contributed by atoms with Gasteiger partial charge in [-0.1, -0.05) is 0 Å². The fourth-order valence-electron chi connectivity index (χ4n) is 2.94. The van der Waals surface area contributed by atoms with Crippen LogP contribution in [0.15, 0.2) is 22.7 Å². The van der Waals surface area contributed by atoms with Gasteiger partial charge >= 0.3 is 0 Å². The van der Waals surface area contributed by atoms with Crippen LogP contribution in [-0.4, -0.2) is 30.0 Å². The summed E-state index contributed by atoms with van der Waals surface area (Å²) < 4.78 is 12.1. The third-order valence-electron chi connectivity index (χ3n) is 4.08. The fourth-order valence-corrected chi connectivity index (χ4v) is 3.42. The van der Waals surface area contributed by atoms with E-state index in [9.17, 15) is 10.1 Å². The number of hydrogen-bond donors (Lipinski definition) is 1. The van der Waals surface area contributed by atoms with E-state index in [4.69, 9.17) is 9.47 Å². The Morgan fingerprint density at radius 1 is 1.29 bits per heavy atom. The Kier molecular flexibility index (Phi) is 4.14. The van der Waals surface area contributed by atoms with E-state index in [0.717, 1.165) is 31.4 Å². The van der Waals surface area contributed by atoms with Crippen molar-refractivity contribution < 1.29 is 14.4 Å². The molecule has 1 heterocycles. The number of benzene rings is 1. The molecule has 3 rings (SSSR count). The maximum Gasteiger partial charge on any atom is 0.270 e. The van der Waals surface area contributed by atoms with Crippen LogP contribution in [0.4, 0.5) is 11.4 Å². The highest BCUT2D eigenvalue weighted by Crippen LogP contribution is 2.37.